The molecule has 0 N–H and O–H groups in total. The van der Waals surface area contributed by atoms with Gasteiger partial charge >= 0.3 is 5.97 Å². The van der Waals surface area contributed by atoms with E-state index in [0.29, 0.717) is 23.7 Å². The van der Waals surface area contributed by atoms with Gasteiger partial charge in [0, 0.05) is 0 Å². The Labute approximate surface area is 157 Å². The Kier molecular flexibility index (Phi) is 8.74. The maximum absolute atomic E-state index is 12.7. The number of hydrogen-bond donors (Lipinski definition) is 0. The molecular formula is C23H30O3. The number of unbranched alkanes of at least 4 members (excludes halogenated alkanes) is 4. The first-order valence-electron chi connectivity index (χ1n) is 9.78. The average molecular weight is 354 g/mol. The Morgan fingerprint density at radius 1 is 0.808 bits per heavy atom. The molecule has 0 aliphatic rings. The highest BCUT2D eigenvalue weighted by Crippen LogP contribution is 2.28. The highest BCUT2D eigenvalue weighted by Gasteiger charge is 2.15. The van der Waals surface area contributed by atoms with Crippen molar-refractivity contribution in [2.45, 2.75) is 58.8 Å². The Hall–Kier alpha value is -2.29. The lowest BCUT2D eigenvalue weighted by Gasteiger charge is -2.13. The van der Waals surface area contributed by atoms with Crippen molar-refractivity contribution in [1.29, 1.82) is 0 Å². The fourth-order valence-electron chi connectivity index (χ4n) is 2.81. The molecule has 0 aliphatic heterocycles. The summed E-state index contributed by atoms with van der Waals surface area (Å²) in [5, 5.41) is 0. The van der Waals surface area contributed by atoms with Crippen LogP contribution in [-0.4, -0.2) is 12.6 Å². The van der Waals surface area contributed by atoms with Crippen LogP contribution < -0.4 is 9.47 Å². The minimum absolute atomic E-state index is 0.317. The van der Waals surface area contributed by atoms with Crippen molar-refractivity contribution < 1.29 is 14.3 Å². The molecule has 2 aromatic rings. The quantitative estimate of drug-likeness (QED) is 0.273. The van der Waals surface area contributed by atoms with Crippen LogP contribution in [0, 0.1) is 0 Å². The Bertz CT molecular complexity index is 679. The van der Waals surface area contributed by atoms with Gasteiger partial charge in [0.2, 0.25) is 0 Å². The van der Waals surface area contributed by atoms with Gasteiger partial charge in [-0.3, -0.25) is 0 Å². The summed E-state index contributed by atoms with van der Waals surface area (Å²) in [4.78, 5) is 12.7. The van der Waals surface area contributed by atoms with E-state index in [1.54, 1.807) is 6.07 Å². The normalized spacial score (nSPS) is 10.5. The molecule has 0 atom stereocenters. The van der Waals surface area contributed by atoms with E-state index in [-0.39, 0.29) is 5.97 Å². The van der Waals surface area contributed by atoms with Crippen LogP contribution in [0.4, 0.5) is 0 Å². The van der Waals surface area contributed by atoms with Crippen LogP contribution in [0.25, 0.3) is 0 Å². The fourth-order valence-corrected chi connectivity index (χ4v) is 2.81. The number of benzene rings is 2. The maximum Gasteiger partial charge on any atom is 0.343 e. The summed E-state index contributed by atoms with van der Waals surface area (Å²) in [7, 11) is 0. The second kappa shape index (κ2) is 11.3. The molecule has 0 spiro atoms. The van der Waals surface area contributed by atoms with E-state index in [1.165, 1.54) is 19.3 Å². The molecule has 2 aromatic carbocycles. The molecule has 2 rings (SSSR count). The zero-order valence-corrected chi connectivity index (χ0v) is 16.0. The van der Waals surface area contributed by atoms with E-state index in [1.807, 2.05) is 42.5 Å². The van der Waals surface area contributed by atoms with Crippen LogP contribution in [0.15, 0.2) is 48.5 Å². The van der Waals surface area contributed by atoms with E-state index in [4.69, 9.17) is 9.47 Å². The highest BCUT2D eigenvalue weighted by molar-refractivity contribution is 5.92. The van der Waals surface area contributed by atoms with Gasteiger partial charge in [-0.15, -0.1) is 0 Å². The van der Waals surface area contributed by atoms with Crippen LogP contribution in [0.5, 0.6) is 11.5 Å². The minimum Gasteiger partial charge on any atom is -0.490 e. The van der Waals surface area contributed by atoms with E-state index >= 15 is 0 Å². The van der Waals surface area contributed by atoms with E-state index in [2.05, 4.69) is 13.8 Å². The van der Waals surface area contributed by atoms with Gasteiger partial charge in [0.25, 0.3) is 0 Å². The third kappa shape index (κ3) is 6.21. The lowest BCUT2D eigenvalue weighted by molar-refractivity contribution is 0.0726. The van der Waals surface area contributed by atoms with Crippen LogP contribution >= 0.6 is 0 Å². The molecule has 3 heteroatoms. The second-order valence-corrected chi connectivity index (χ2v) is 6.51. The number of rotatable bonds is 11. The first kappa shape index (κ1) is 20.0. The van der Waals surface area contributed by atoms with Gasteiger partial charge in [0.05, 0.1) is 12.2 Å². The van der Waals surface area contributed by atoms with Crippen molar-refractivity contribution in [1.82, 2.24) is 0 Å². The van der Waals surface area contributed by atoms with Gasteiger partial charge in [-0.25, -0.2) is 4.79 Å². The number of hydrogen-bond acceptors (Lipinski definition) is 3. The molecule has 0 saturated heterocycles. The summed E-state index contributed by atoms with van der Waals surface area (Å²) in [6.07, 6.45) is 7.66. The zero-order valence-electron chi connectivity index (χ0n) is 16.0. The van der Waals surface area contributed by atoms with Gasteiger partial charge in [0.15, 0.2) is 11.5 Å². The summed E-state index contributed by atoms with van der Waals surface area (Å²) in [5.41, 5.74) is 1.70. The molecule has 0 aromatic heterocycles. The second-order valence-electron chi connectivity index (χ2n) is 6.51. The summed E-state index contributed by atoms with van der Waals surface area (Å²) < 4.78 is 11.4. The molecule has 0 aliphatic carbocycles. The molecule has 0 fully saturated rings. The maximum atomic E-state index is 12.7. The SMILES string of the molecule is CCCCCCc1ccccc1C(=O)Oc1ccccc1OCCCC. The first-order valence-corrected chi connectivity index (χ1v) is 9.78. The monoisotopic (exact) mass is 354 g/mol. The molecule has 0 radical (unpaired) electrons. The average Bonchev–Trinajstić information content (AvgIpc) is 2.67. The molecular weight excluding hydrogens is 324 g/mol. The summed E-state index contributed by atoms with van der Waals surface area (Å²) in [5.74, 6) is 0.784. The van der Waals surface area contributed by atoms with Crippen molar-refractivity contribution in [3.05, 3.63) is 59.7 Å². The Morgan fingerprint density at radius 3 is 2.27 bits per heavy atom. The molecule has 140 valence electrons. The smallest absolute Gasteiger partial charge is 0.343 e. The third-order valence-electron chi connectivity index (χ3n) is 4.34. The lowest BCUT2D eigenvalue weighted by atomic mass is 10.0. The predicted octanol–water partition coefficient (Wildman–Crippen LogP) is 6.21. The van der Waals surface area contributed by atoms with Crippen LogP contribution in [-0.2, 0) is 6.42 Å². The molecule has 0 amide bonds. The van der Waals surface area contributed by atoms with E-state index in [9.17, 15) is 4.79 Å². The molecule has 0 unspecified atom stereocenters. The van der Waals surface area contributed by atoms with Gasteiger partial charge < -0.3 is 9.47 Å². The van der Waals surface area contributed by atoms with Crippen molar-refractivity contribution in [2.24, 2.45) is 0 Å². The van der Waals surface area contributed by atoms with Crippen molar-refractivity contribution in [2.75, 3.05) is 6.61 Å². The molecule has 0 heterocycles. The first-order chi connectivity index (χ1) is 12.8. The van der Waals surface area contributed by atoms with E-state index < -0.39 is 0 Å². The number of ether oxygens (including phenoxy) is 2. The Balaban J connectivity index is 2.06. The van der Waals surface area contributed by atoms with Crippen LogP contribution in [0.1, 0.15) is 68.3 Å². The lowest BCUT2D eigenvalue weighted by Crippen LogP contribution is -2.12. The molecule has 3 nitrogen and oxygen atoms in total. The Morgan fingerprint density at radius 2 is 1.50 bits per heavy atom. The van der Waals surface area contributed by atoms with Gasteiger partial charge in [0.1, 0.15) is 0 Å². The largest absolute Gasteiger partial charge is 0.490 e. The summed E-state index contributed by atoms with van der Waals surface area (Å²) in [6, 6.07) is 15.1. The number of carbonyl (C=O) groups is 1. The number of aryl methyl sites for hydroxylation is 1. The zero-order chi connectivity index (χ0) is 18.6. The fraction of sp³-hybridized carbons (Fsp3) is 0.435. The van der Waals surface area contributed by atoms with Crippen molar-refractivity contribution in [3.8, 4) is 11.5 Å². The summed E-state index contributed by atoms with van der Waals surface area (Å²) >= 11 is 0. The topological polar surface area (TPSA) is 35.5 Å². The van der Waals surface area contributed by atoms with Crippen molar-refractivity contribution in [3.63, 3.8) is 0 Å². The third-order valence-corrected chi connectivity index (χ3v) is 4.34. The predicted molar refractivity (Wildman–Crippen MR) is 106 cm³/mol. The van der Waals surface area contributed by atoms with E-state index in [0.717, 1.165) is 31.2 Å². The number of para-hydroxylation sites is 2. The molecule has 0 bridgehead atoms. The van der Waals surface area contributed by atoms with Gasteiger partial charge in [-0.05, 0) is 43.0 Å². The van der Waals surface area contributed by atoms with Crippen LogP contribution in [0.3, 0.4) is 0 Å². The van der Waals surface area contributed by atoms with Crippen molar-refractivity contribution >= 4 is 5.97 Å². The number of carbonyl (C=O) groups excluding carboxylic acids is 1. The molecule has 26 heavy (non-hydrogen) atoms. The minimum atomic E-state index is -0.317. The van der Waals surface area contributed by atoms with Crippen LogP contribution in [0.2, 0.25) is 0 Å². The van der Waals surface area contributed by atoms with Gasteiger partial charge in [-0.1, -0.05) is 69.9 Å². The van der Waals surface area contributed by atoms with Gasteiger partial charge in [-0.2, -0.15) is 0 Å². The highest BCUT2D eigenvalue weighted by atomic mass is 16.6. The standard InChI is InChI=1S/C23H30O3/c1-3-5-7-8-13-19-14-9-10-15-20(19)23(24)26-22-17-12-11-16-21(22)25-18-6-4-2/h9-12,14-17H,3-8,13,18H2,1-2H3. The number of esters is 1. The summed E-state index contributed by atoms with van der Waals surface area (Å²) in [6.45, 7) is 4.94. The molecule has 0 saturated carbocycles.